The monoisotopic (exact) mass is 535 g/mol. The van der Waals surface area contributed by atoms with Crippen molar-refractivity contribution < 1.29 is 19.7 Å². The molecule has 0 amide bonds. The number of nitrogens with one attached hydrogen (secondary N) is 1. The summed E-state index contributed by atoms with van der Waals surface area (Å²) in [6.07, 6.45) is 3.89. The zero-order valence-corrected chi connectivity index (χ0v) is 22.1. The predicted molar refractivity (Wildman–Crippen MR) is 142 cm³/mol. The van der Waals surface area contributed by atoms with Gasteiger partial charge in [0.1, 0.15) is 0 Å². The Labute approximate surface area is 222 Å². The summed E-state index contributed by atoms with van der Waals surface area (Å²) in [7, 11) is 0. The van der Waals surface area contributed by atoms with Crippen LogP contribution in [0.25, 0.3) is 0 Å². The van der Waals surface area contributed by atoms with Crippen molar-refractivity contribution in [3.05, 3.63) is 34.9 Å². The van der Waals surface area contributed by atoms with Crippen molar-refractivity contribution in [3.63, 3.8) is 0 Å². The highest BCUT2D eigenvalue weighted by Crippen LogP contribution is 2.27. The van der Waals surface area contributed by atoms with Gasteiger partial charge in [-0.15, -0.1) is 5.10 Å². The van der Waals surface area contributed by atoms with E-state index in [0.717, 1.165) is 83.5 Å². The third-order valence-corrected chi connectivity index (χ3v) is 7.46. The zero-order chi connectivity index (χ0) is 26.4. The molecule has 3 aliphatic rings. The molecule has 3 saturated heterocycles. The molecule has 0 bridgehead atoms. The van der Waals surface area contributed by atoms with Crippen molar-refractivity contribution >= 4 is 29.5 Å². The summed E-state index contributed by atoms with van der Waals surface area (Å²) in [5, 5.41) is 25.1. The zero-order valence-electron chi connectivity index (χ0n) is 21.3. The quantitative estimate of drug-likeness (QED) is 0.429. The van der Waals surface area contributed by atoms with E-state index >= 15 is 0 Å². The number of H-pyrrole nitrogens is 1. The standard InChI is InChI=1S/C23H34ClN7O2.C2H4O2/c24-17-3-1-16(2-4-17)11-19-15-33-21(13-29-8-7-20(32)12-29)14-31(19)18-5-9-30(10-6-18)23-26-22(25)27-28-23;1-2(3)4/h1-4,18-21,32H,5-15H2,(H3,25,26,27,28);1H3,(H,3,4)/t19-,20-,21-;/m0./s1. The molecule has 2 aromatic rings. The highest BCUT2D eigenvalue weighted by atomic mass is 35.5. The number of likely N-dealkylation sites (tertiary alicyclic amines) is 1. The van der Waals surface area contributed by atoms with Crippen LogP contribution in [0, 0.1) is 0 Å². The number of aromatic nitrogens is 3. The molecule has 0 aliphatic carbocycles. The second-order valence-electron chi connectivity index (χ2n) is 10.1. The van der Waals surface area contributed by atoms with Gasteiger partial charge in [-0.2, -0.15) is 4.98 Å². The lowest BCUT2D eigenvalue weighted by Gasteiger charge is -2.47. The second kappa shape index (κ2) is 12.9. The van der Waals surface area contributed by atoms with Gasteiger partial charge in [-0.05, 0) is 43.4 Å². The van der Waals surface area contributed by atoms with Crippen LogP contribution in [-0.2, 0) is 16.0 Å². The number of carboxylic acids is 1. The summed E-state index contributed by atoms with van der Waals surface area (Å²) >= 11 is 6.10. The number of aliphatic hydroxyl groups is 1. The first-order valence-electron chi connectivity index (χ1n) is 12.9. The number of benzene rings is 1. The number of anilines is 2. The number of morpholine rings is 1. The number of nitrogens with zero attached hydrogens (tertiary/aromatic N) is 5. The smallest absolute Gasteiger partial charge is 0.300 e. The van der Waals surface area contributed by atoms with Crippen molar-refractivity contribution in [2.75, 3.05) is 56.5 Å². The number of piperidine rings is 1. The fraction of sp³-hybridized carbons (Fsp3) is 0.640. The number of aromatic amines is 1. The molecule has 1 aromatic heterocycles. The van der Waals surface area contributed by atoms with Crippen LogP contribution >= 0.6 is 11.6 Å². The SMILES string of the molecule is CC(=O)O.Nc1nc(N2CCC(N3C[C@H](CN4CC[C@H](O)C4)OC[C@@H]3Cc3ccc(Cl)cc3)CC2)n[nH]1. The molecular weight excluding hydrogens is 498 g/mol. The Kier molecular flexibility index (Phi) is 9.60. The van der Waals surface area contributed by atoms with Gasteiger partial charge in [0.25, 0.3) is 5.97 Å². The molecule has 4 heterocycles. The van der Waals surface area contributed by atoms with Gasteiger partial charge in [0.15, 0.2) is 0 Å². The van der Waals surface area contributed by atoms with E-state index < -0.39 is 5.97 Å². The average Bonchev–Trinajstić information content (AvgIpc) is 3.49. The molecule has 12 heteroatoms. The van der Waals surface area contributed by atoms with E-state index in [4.69, 9.17) is 32.0 Å². The van der Waals surface area contributed by atoms with E-state index in [1.165, 1.54) is 5.56 Å². The first-order valence-corrected chi connectivity index (χ1v) is 13.3. The van der Waals surface area contributed by atoms with Crippen molar-refractivity contribution in [1.82, 2.24) is 25.0 Å². The molecule has 0 radical (unpaired) electrons. The largest absolute Gasteiger partial charge is 0.481 e. The van der Waals surface area contributed by atoms with Gasteiger partial charge in [0.2, 0.25) is 11.9 Å². The van der Waals surface area contributed by atoms with Crippen molar-refractivity contribution in [3.8, 4) is 0 Å². The van der Waals surface area contributed by atoms with E-state index in [2.05, 4.69) is 42.0 Å². The number of nitrogens with two attached hydrogens (primary N) is 1. The van der Waals surface area contributed by atoms with Crippen LogP contribution in [0.4, 0.5) is 11.9 Å². The summed E-state index contributed by atoms with van der Waals surface area (Å²) in [5.41, 5.74) is 7.00. The Morgan fingerprint density at radius 1 is 1.19 bits per heavy atom. The molecule has 204 valence electrons. The number of carbonyl (C=O) groups is 1. The van der Waals surface area contributed by atoms with E-state index in [1.54, 1.807) is 0 Å². The fourth-order valence-electron chi connectivity index (χ4n) is 5.48. The molecule has 0 saturated carbocycles. The second-order valence-corrected chi connectivity index (χ2v) is 10.5. The summed E-state index contributed by atoms with van der Waals surface area (Å²) in [6, 6.07) is 9.00. The van der Waals surface area contributed by atoms with Gasteiger partial charge in [-0.3, -0.25) is 14.6 Å². The van der Waals surface area contributed by atoms with E-state index in [0.29, 0.717) is 24.0 Å². The molecule has 3 aliphatic heterocycles. The van der Waals surface area contributed by atoms with Crippen molar-refractivity contribution in [2.24, 2.45) is 0 Å². The number of halogens is 1. The van der Waals surface area contributed by atoms with Gasteiger partial charge >= 0.3 is 0 Å². The number of β-amino-alcohol motifs (C(OH)–C–C–N with tert-alkyl or cyclic N) is 1. The highest BCUT2D eigenvalue weighted by Gasteiger charge is 2.37. The Hall–Kier alpha value is -2.44. The van der Waals surface area contributed by atoms with Crippen LogP contribution in [0.15, 0.2) is 24.3 Å². The van der Waals surface area contributed by atoms with Crippen LogP contribution in [-0.4, -0.2) is 111 Å². The maximum Gasteiger partial charge on any atom is 0.300 e. The van der Waals surface area contributed by atoms with Crippen LogP contribution in [0.2, 0.25) is 5.02 Å². The first kappa shape index (κ1) is 27.6. The topological polar surface area (TPSA) is 144 Å². The minimum Gasteiger partial charge on any atom is -0.481 e. The first-order chi connectivity index (χ1) is 17.8. The molecular formula is C25H38ClN7O4. The number of nitrogen functional groups attached to an aromatic ring is 1. The van der Waals surface area contributed by atoms with Gasteiger partial charge in [0.05, 0.1) is 18.8 Å². The number of ether oxygens (including phenoxy) is 1. The average molecular weight is 536 g/mol. The highest BCUT2D eigenvalue weighted by molar-refractivity contribution is 6.30. The Bertz CT molecular complexity index is 995. The minimum atomic E-state index is -0.833. The van der Waals surface area contributed by atoms with Gasteiger partial charge in [-0.25, -0.2) is 5.10 Å². The fourth-order valence-corrected chi connectivity index (χ4v) is 5.60. The maximum absolute atomic E-state index is 9.90. The number of hydrogen-bond donors (Lipinski definition) is 4. The van der Waals surface area contributed by atoms with E-state index in [1.807, 2.05) is 12.1 Å². The van der Waals surface area contributed by atoms with Gasteiger partial charge in [0, 0.05) is 63.3 Å². The Morgan fingerprint density at radius 3 is 2.49 bits per heavy atom. The minimum absolute atomic E-state index is 0.169. The van der Waals surface area contributed by atoms with Crippen LogP contribution in [0.5, 0.6) is 0 Å². The summed E-state index contributed by atoms with van der Waals surface area (Å²) in [6.45, 7) is 7.15. The number of aliphatic hydroxyl groups excluding tert-OH is 1. The van der Waals surface area contributed by atoms with Crippen molar-refractivity contribution in [1.29, 1.82) is 0 Å². The lowest BCUT2D eigenvalue weighted by Crippen LogP contribution is -2.58. The third-order valence-electron chi connectivity index (χ3n) is 7.21. The van der Waals surface area contributed by atoms with Crippen LogP contribution < -0.4 is 10.6 Å². The summed E-state index contributed by atoms with van der Waals surface area (Å²) in [4.78, 5) is 20.5. The lowest BCUT2D eigenvalue weighted by molar-refractivity contribution is -0.134. The third kappa shape index (κ3) is 8.02. The summed E-state index contributed by atoms with van der Waals surface area (Å²) in [5.74, 6) is 0.217. The molecule has 1 aromatic carbocycles. The Morgan fingerprint density at radius 2 is 1.89 bits per heavy atom. The number of hydrogen-bond acceptors (Lipinski definition) is 9. The lowest BCUT2D eigenvalue weighted by atomic mass is 9.96. The summed E-state index contributed by atoms with van der Waals surface area (Å²) < 4.78 is 6.36. The molecule has 0 unspecified atom stereocenters. The maximum atomic E-state index is 9.90. The van der Waals surface area contributed by atoms with E-state index in [-0.39, 0.29) is 12.2 Å². The van der Waals surface area contributed by atoms with E-state index in [9.17, 15) is 5.11 Å². The molecule has 3 fully saturated rings. The van der Waals surface area contributed by atoms with Crippen LogP contribution in [0.1, 0.15) is 31.7 Å². The number of rotatable bonds is 6. The predicted octanol–water partition coefficient (Wildman–Crippen LogP) is 1.48. The number of aliphatic carboxylic acids is 1. The molecule has 11 nitrogen and oxygen atoms in total. The van der Waals surface area contributed by atoms with Crippen LogP contribution in [0.3, 0.4) is 0 Å². The molecule has 5 N–H and O–H groups in total. The Balaban J connectivity index is 0.000000747. The molecule has 37 heavy (non-hydrogen) atoms. The van der Waals surface area contributed by atoms with Gasteiger partial charge in [-0.1, -0.05) is 23.7 Å². The normalized spacial score (nSPS) is 25.6. The van der Waals surface area contributed by atoms with Crippen molar-refractivity contribution in [2.45, 2.75) is 56.9 Å². The van der Waals surface area contributed by atoms with Gasteiger partial charge < -0.3 is 25.6 Å². The molecule has 0 spiro atoms. The number of carboxylic acid groups (broad SMARTS) is 1. The molecule has 5 rings (SSSR count). The molecule has 3 atom stereocenters.